The minimum atomic E-state index is -0.466. The lowest BCUT2D eigenvalue weighted by atomic mass is 10.1. The molecule has 0 atom stereocenters. The van der Waals surface area contributed by atoms with E-state index in [9.17, 15) is 14.9 Å². The van der Waals surface area contributed by atoms with E-state index in [0.29, 0.717) is 12.1 Å². The second-order valence-corrected chi connectivity index (χ2v) is 4.26. The highest BCUT2D eigenvalue weighted by molar-refractivity contribution is 5.91. The molecule has 0 saturated carbocycles. The van der Waals surface area contributed by atoms with Gasteiger partial charge in [-0.3, -0.25) is 14.9 Å². The summed E-state index contributed by atoms with van der Waals surface area (Å²) in [5.41, 5.74) is 1.33. The Morgan fingerprint density at radius 1 is 1.39 bits per heavy atom. The van der Waals surface area contributed by atoms with E-state index >= 15 is 0 Å². The first-order valence-electron chi connectivity index (χ1n) is 6.09. The van der Waals surface area contributed by atoms with Crippen molar-refractivity contribution in [2.75, 3.05) is 5.32 Å². The van der Waals surface area contributed by atoms with E-state index in [0.717, 1.165) is 24.8 Å². The van der Waals surface area contributed by atoms with Gasteiger partial charge in [-0.1, -0.05) is 25.8 Å². The van der Waals surface area contributed by atoms with Crippen LogP contribution in [0.25, 0.3) is 0 Å². The summed E-state index contributed by atoms with van der Waals surface area (Å²) in [6, 6.07) is 4.47. The molecule has 1 rings (SSSR count). The molecule has 98 valence electrons. The Hall–Kier alpha value is -1.91. The number of nitro groups is 1. The quantitative estimate of drug-likeness (QED) is 0.477. The average molecular weight is 250 g/mol. The molecule has 0 aliphatic carbocycles. The molecule has 0 radical (unpaired) electrons. The Bertz CT molecular complexity index is 444. The molecular weight excluding hydrogens is 232 g/mol. The molecule has 1 amide bonds. The molecule has 0 bridgehead atoms. The number of nitro benzene ring substituents is 1. The molecular formula is C13H18N2O3. The van der Waals surface area contributed by atoms with Crippen molar-refractivity contribution in [2.24, 2.45) is 0 Å². The van der Waals surface area contributed by atoms with Gasteiger partial charge in [0.2, 0.25) is 5.91 Å². The number of nitrogens with one attached hydrogen (secondary N) is 1. The molecule has 0 heterocycles. The van der Waals surface area contributed by atoms with Crippen LogP contribution in [-0.2, 0) is 4.79 Å². The second kappa shape index (κ2) is 6.74. The fourth-order valence-corrected chi connectivity index (χ4v) is 1.61. The van der Waals surface area contributed by atoms with E-state index in [1.54, 1.807) is 6.07 Å². The number of hydrogen-bond acceptors (Lipinski definition) is 3. The summed E-state index contributed by atoms with van der Waals surface area (Å²) >= 11 is 0. The van der Waals surface area contributed by atoms with Gasteiger partial charge in [0, 0.05) is 18.6 Å². The van der Waals surface area contributed by atoms with Gasteiger partial charge in [-0.25, -0.2) is 0 Å². The number of hydrogen-bond donors (Lipinski definition) is 1. The number of carbonyl (C=O) groups excluding carboxylic acids is 1. The number of aryl methyl sites for hydroxylation is 1. The predicted molar refractivity (Wildman–Crippen MR) is 70.6 cm³/mol. The zero-order chi connectivity index (χ0) is 13.5. The maximum absolute atomic E-state index is 11.6. The van der Waals surface area contributed by atoms with Gasteiger partial charge in [-0.05, 0) is 18.9 Å². The third kappa shape index (κ3) is 4.16. The Labute approximate surface area is 106 Å². The standard InChI is InChI=1S/C13H18N2O3/c1-3-4-5-6-13(16)14-12-9-11(15(17)18)8-7-10(12)2/h7-9H,3-6H2,1-2H3,(H,14,16). The molecule has 5 heteroatoms. The van der Waals surface area contributed by atoms with Crippen molar-refractivity contribution in [3.63, 3.8) is 0 Å². The normalized spacial score (nSPS) is 10.1. The minimum Gasteiger partial charge on any atom is -0.326 e. The zero-order valence-corrected chi connectivity index (χ0v) is 10.7. The van der Waals surface area contributed by atoms with E-state index < -0.39 is 4.92 Å². The Morgan fingerprint density at radius 2 is 2.11 bits per heavy atom. The zero-order valence-electron chi connectivity index (χ0n) is 10.7. The number of non-ortho nitro benzene ring substituents is 1. The van der Waals surface area contributed by atoms with Crippen molar-refractivity contribution in [1.82, 2.24) is 0 Å². The third-order valence-electron chi connectivity index (χ3n) is 2.71. The van der Waals surface area contributed by atoms with E-state index in [2.05, 4.69) is 12.2 Å². The van der Waals surface area contributed by atoms with Crippen LogP contribution in [0.2, 0.25) is 0 Å². The van der Waals surface area contributed by atoms with E-state index in [4.69, 9.17) is 0 Å². The summed E-state index contributed by atoms with van der Waals surface area (Å²) in [6.07, 6.45) is 3.37. The summed E-state index contributed by atoms with van der Waals surface area (Å²) in [5.74, 6) is -0.0907. The number of nitrogens with zero attached hydrogens (tertiary/aromatic N) is 1. The number of anilines is 1. The Kier molecular flexibility index (Phi) is 5.30. The molecule has 0 aromatic heterocycles. The van der Waals surface area contributed by atoms with Crippen LogP contribution >= 0.6 is 0 Å². The highest BCUT2D eigenvalue weighted by atomic mass is 16.6. The van der Waals surface area contributed by atoms with Gasteiger partial charge in [0.25, 0.3) is 5.69 Å². The predicted octanol–water partition coefficient (Wildman–Crippen LogP) is 3.42. The van der Waals surface area contributed by atoms with Gasteiger partial charge >= 0.3 is 0 Å². The van der Waals surface area contributed by atoms with Crippen LogP contribution in [-0.4, -0.2) is 10.8 Å². The molecule has 0 unspecified atom stereocenters. The van der Waals surface area contributed by atoms with E-state index in [1.165, 1.54) is 12.1 Å². The van der Waals surface area contributed by atoms with Crippen molar-refractivity contribution in [3.05, 3.63) is 33.9 Å². The third-order valence-corrected chi connectivity index (χ3v) is 2.71. The molecule has 1 aromatic rings. The number of amides is 1. The summed E-state index contributed by atoms with van der Waals surface area (Å²) in [5, 5.41) is 13.4. The number of unbranched alkanes of at least 4 members (excludes halogenated alkanes) is 2. The SMILES string of the molecule is CCCCCC(=O)Nc1cc([N+](=O)[O-])ccc1C. The largest absolute Gasteiger partial charge is 0.326 e. The lowest BCUT2D eigenvalue weighted by Crippen LogP contribution is -2.12. The molecule has 0 spiro atoms. The van der Waals surface area contributed by atoms with Crippen LogP contribution in [0.5, 0.6) is 0 Å². The molecule has 0 aliphatic heterocycles. The van der Waals surface area contributed by atoms with Crippen LogP contribution in [0.15, 0.2) is 18.2 Å². The summed E-state index contributed by atoms with van der Waals surface area (Å²) in [7, 11) is 0. The first kappa shape index (κ1) is 14.2. The van der Waals surface area contributed by atoms with Gasteiger partial charge in [0.15, 0.2) is 0 Å². The van der Waals surface area contributed by atoms with Crippen LogP contribution in [0.3, 0.4) is 0 Å². The van der Waals surface area contributed by atoms with Crippen molar-refractivity contribution in [2.45, 2.75) is 39.5 Å². The summed E-state index contributed by atoms with van der Waals surface area (Å²) < 4.78 is 0. The maximum atomic E-state index is 11.6. The second-order valence-electron chi connectivity index (χ2n) is 4.26. The van der Waals surface area contributed by atoms with Crippen molar-refractivity contribution >= 4 is 17.3 Å². The van der Waals surface area contributed by atoms with E-state index in [-0.39, 0.29) is 11.6 Å². The van der Waals surface area contributed by atoms with Crippen LogP contribution in [0, 0.1) is 17.0 Å². The lowest BCUT2D eigenvalue weighted by Gasteiger charge is -2.07. The van der Waals surface area contributed by atoms with Gasteiger partial charge in [-0.15, -0.1) is 0 Å². The van der Waals surface area contributed by atoms with Crippen LogP contribution in [0.4, 0.5) is 11.4 Å². The monoisotopic (exact) mass is 250 g/mol. The van der Waals surface area contributed by atoms with Crippen LogP contribution in [0.1, 0.15) is 38.2 Å². The average Bonchev–Trinajstić information content (AvgIpc) is 2.32. The fraction of sp³-hybridized carbons (Fsp3) is 0.462. The highest BCUT2D eigenvalue weighted by Gasteiger charge is 2.10. The minimum absolute atomic E-state index is 0.00976. The Morgan fingerprint density at radius 3 is 2.72 bits per heavy atom. The van der Waals surface area contributed by atoms with E-state index in [1.807, 2.05) is 6.92 Å². The van der Waals surface area contributed by atoms with Gasteiger partial charge in [0.05, 0.1) is 10.6 Å². The molecule has 0 aliphatic rings. The first-order chi connectivity index (χ1) is 8.54. The van der Waals surface area contributed by atoms with Gasteiger partial charge in [-0.2, -0.15) is 0 Å². The summed E-state index contributed by atoms with van der Waals surface area (Å²) in [6.45, 7) is 3.88. The van der Waals surface area contributed by atoms with Crippen molar-refractivity contribution in [1.29, 1.82) is 0 Å². The van der Waals surface area contributed by atoms with Crippen molar-refractivity contribution < 1.29 is 9.72 Å². The molecule has 5 nitrogen and oxygen atoms in total. The molecule has 18 heavy (non-hydrogen) atoms. The van der Waals surface area contributed by atoms with Crippen molar-refractivity contribution in [3.8, 4) is 0 Å². The molecule has 1 aromatic carbocycles. The first-order valence-corrected chi connectivity index (χ1v) is 6.09. The molecule has 0 saturated heterocycles. The maximum Gasteiger partial charge on any atom is 0.271 e. The number of benzene rings is 1. The lowest BCUT2D eigenvalue weighted by molar-refractivity contribution is -0.384. The van der Waals surface area contributed by atoms with Gasteiger partial charge < -0.3 is 5.32 Å². The number of rotatable bonds is 6. The molecule has 1 N–H and O–H groups in total. The molecule has 0 fully saturated rings. The fourth-order valence-electron chi connectivity index (χ4n) is 1.61. The topological polar surface area (TPSA) is 72.2 Å². The smallest absolute Gasteiger partial charge is 0.271 e. The Balaban J connectivity index is 2.68. The van der Waals surface area contributed by atoms with Crippen LogP contribution < -0.4 is 5.32 Å². The van der Waals surface area contributed by atoms with Gasteiger partial charge in [0.1, 0.15) is 0 Å². The summed E-state index contributed by atoms with van der Waals surface area (Å²) in [4.78, 5) is 21.8. The highest BCUT2D eigenvalue weighted by Crippen LogP contribution is 2.22. The number of carbonyl (C=O) groups is 1.